The van der Waals surface area contributed by atoms with Gasteiger partial charge in [0.1, 0.15) is 12.7 Å². The summed E-state index contributed by atoms with van der Waals surface area (Å²) in [6.45, 7) is 2.33. The second kappa shape index (κ2) is 39.9. The molecule has 0 aliphatic heterocycles. The van der Waals surface area contributed by atoms with Gasteiger partial charge in [-0.25, -0.2) is 4.57 Å². The Morgan fingerprint density at radius 2 is 0.926 bits per heavy atom. The van der Waals surface area contributed by atoms with Gasteiger partial charge in [0.15, 0.2) is 6.10 Å². The van der Waals surface area contributed by atoms with E-state index in [9.17, 15) is 24.2 Å². The molecule has 10 nitrogen and oxygen atoms in total. The number of aliphatic hydroxyl groups excluding tert-OH is 2. The first-order valence-electron chi connectivity index (χ1n) is 22.1. The zero-order valence-corrected chi connectivity index (χ0v) is 35.6. The number of unbranched alkanes of at least 4 members (excludes halogenated alkanes) is 26. The van der Waals surface area contributed by atoms with Gasteiger partial charge < -0.3 is 24.6 Å². The average molecular weight is 791 g/mol. The summed E-state index contributed by atoms with van der Waals surface area (Å²) in [4.78, 5) is 34.8. The van der Waals surface area contributed by atoms with Crippen molar-refractivity contribution in [2.75, 3.05) is 26.4 Å². The van der Waals surface area contributed by atoms with Crippen LogP contribution in [0, 0.1) is 0 Å². The number of carbonyl (C=O) groups excluding carboxylic acids is 2. The molecular formula is C43H83O10P. The van der Waals surface area contributed by atoms with Crippen LogP contribution in [0.15, 0.2) is 12.2 Å². The third-order valence-corrected chi connectivity index (χ3v) is 10.6. The highest BCUT2D eigenvalue weighted by molar-refractivity contribution is 7.47. The number of phosphoric acid groups is 1. The van der Waals surface area contributed by atoms with Crippen molar-refractivity contribution < 1.29 is 47.8 Å². The summed E-state index contributed by atoms with van der Waals surface area (Å²) < 4.78 is 32.5. The Kier molecular flexibility index (Phi) is 39.0. The SMILES string of the molecule is CCCCCCCCCCCCCCCCCCCC/C=C/CCCC(=O)OC[C@@H](COP(=O)(O)OC[C@H](O)CO)OC(=O)CCCCCCCCCC. The van der Waals surface area contributed by atoms with Crippen LogP contribution >= 0.6 is 7.82 Å². The van der Waals surface area contributed by atoms with E-state index in [1.807, 2.05) is 0 Å². The van der Waals surface area contributed by atoms with Crippen molar-refractivity contribution in [1.29, 1.82) is 0 Å². The van der Waals surface area contributed by atoms with Crippen molar-refractivity contribution in [2.24, 2.45) is 0 Å². The van der Waals surface area contributed by atoms with Crippen LogP contribution in [0.2, 0.25) is 0 Å². The highest BCUT2D eigenvalue weighted by Gasteiger charge is 2.27. The van der Waals surface area contributed by atoms with Crippen LogP contribution in [0.3, 0.4) is 0 Å². The summed E-state index contributed by atoms with van der Waals surface area (Å²) in [5, 5.41) is 18.3. The van der Waals surface area contributed by atoms with Crippen LogP contribution < -0.4 is 0 Å². The number of aliphatic hydroxyl groups is 2. The number of ether oxygens (including phenoxy) is 2. The monoisotopic (exact) mass is 791 g/mol. The molecule has 0 aromatic rings. The van der Waals surface area contributed by atoms with Crippen molar-refractivity contribution in [3.63, 3.8) is 0 Å². The maximum Gasteiger partial charge on any atom is 0.472 e. The third-order valence-electron chi connectivity index (χ3n) is 9.67. The summed E-state index contributed by atoms with van der Waals surface area (Å²) in [6, 6.07) is 0. The minimum atomic E-state index is -4.61. The van der Waals surface area contributed by atoms with Gasteiger partial charge in [-0.05, 0) is 32.1 Å². The summed E-state index contributed by atoms with van der Waals surface area (Å²) >= 11 is 0. The Hall–Kier alpha value is -1.29. The van der Waals surface area contributed by atoms with Crippen molar-refractivity contribution in [1.82, 2.24) is 0 Å². The molecular weight excluding hydrogens is 707 g/mol. The van der Waals surface area contributed by atoms with E-state index < -0.39 is 51.8 Å². The number of carbonyl (C=O) groups is 2. The predicted molar refractivity (Wildman–Crippen MR) is 219 cm³/mol. The lowest BCUT2D eigenvalue weighted by molar-refractivity contribution is -0.161. The molecule has 0 amide bonds. The largest absolute Gasteiger partial charge is 0.472 e. The highest BCUT2D eigenvalue weighted by atomic mass is 31.2. The van der Waals surface area contributed by atoms with E-state index in [1.165, 1.54) is 141 Å². The molecule has 320 valence electrons. The molecule has 0 spiro atoms. The average Bonchev–Trinajstić information content (AvgIpc) is 3.16. The van der Waals surface area contributed by atoms with E-state index in [0.29, 0.717) is 12.8 Å². The molecule has 0 saturated carbocycles. The molecule has 3 atom stereocenters. The first-order valence-corrected chi connectivity index (χ1v) is 23.6. The highest BCUT2D eigenvalue weighted by Crippen LogP contribution is 2.43. The van der Waals surface area contributed by atoms with Gasteiger partial charge in [0.05, 0.1) is 19.8 Å². The van der Waals surface area contributed by atoms with Crippen molar-refractivity contribution in [2.45, 2.75) is 225 Å². The molecule has 0 rings (SSSR count). The molecule has 0 aromatic heterocycles. The van der Waals surface area contributed by atoms with Crippen LogP contribution in [-0.4, -0.2) is 65.7 Å². The molecule has 11 heteroatoms. The number of allylic oxidation sites excluding steroid dienone is 2. The normalized spacial score (nSPS) is 13.9. The van der Waals surface area contributed by atoms with Crippen LogP contribution in [0.4, 0.5) is 0 Å². The zero-order chi connectivity index (χ0) is 39.8. The fraction of sp³-hybridized carbons (Fsp3) is 0.907. The summed E-state index contributed by atoms with van der Waals surface area (Å²) in [5.41, 5.74) is 0. The second-order valence-corrected chi connectivity index (χ2v) is 16.5. The summed E-state index contributed by atoms with van der Waals surface area (Å²) in [5.74, 6) is -0.958. The number of phosphoric ester groups is 1. The van der Waals surface area contributed by atoms with E-state index in [1.54, 1.807) is 0 Å². The van der Waals surface area contributed by atoms with Gasteiger partial charge in [-0.1, -0.05) is 180 Å². The standard InChI is InChI=1S/C43H83O10P/c1-3-5-7-9-11-13-14-15-16-17-18-19-20-21-22-23-24-25-26-27-29-30-32-34-42(46)50-38-41(39-52-54(48,49)51-37-40(45)36-44)53-43(47)35-33-31-28-12-10-8-6-4-2/h27,29,40-41,44-45H,3-26,28,30-39H2,1-2H3,(H,48,49)/b29-27+/t40-,41+/m1/s1. The quantitative estimate of drug-likeness (QED) is 0.0236. The molecule has 0 aromatic carbocycles. The molecule has 0 heterocycles. The smallest absolute Gasteiger partial charge is 0.462 e. The zero-order valence-electron chi connectivity index (χ0n) is 34.7. The predicted octanol–water partition coefficient (Wildman–Crippen LogP) is 11.6. The first kappa shape index (κ1) is 52.7. The van der Waals surface area contributed by atoms with Crippen LogP contribution in [0.25, 0.3) is 0 Å². The van der Waals surface area contributed by atoms with Crippen molar-refractivity contribution >= 4 is 19.8 Å². The van der Waals surface area contributed by atoms with Gasteiger partial charge in [-0.2, -0.15) is 0 Å². The Morgan fingerprint density at radius 1 is 0.537 bits per heavy atom. The lowest BCUT2D eigenvalue weighted by Crippen LogP contribution is -2.29. The Labute approximate surface area is 330 Å². The molecule has 3 N–H and O–H groups in total. The van der Waals surface area contributed by atoms with Gasteiger partial charge >= 0.3 is 19.8 Å². The Balaban J connectivity index is 4.09. The molecule has 54 heavy (non-hydrogen) atoms. The minimum absolute atomic E-state index is 0.182. The fourth-order valence-electron chi connectivity index (χ4n) is 6.23. The van der Waals surface area contributed by atoms with E-state index in [4.69, 9.17) is 19.1 Å². The Bertz CT molecular complexity index is 915. The topological polar surface area (TPSA) is 149 Å². The third kappa shape index (κ3) is 39.0. The number of esters is 2. The summed E-state index contributed by atoms with van der Waals surface area (Å²) in [7, 11) is -4.61. The van der Waals surface area contributed by atoms with Crippen LogP contribution in [0.1, 0.15) is 213 Å². The van der Waals surface area contributed by atoms with Crippen molar-refractivity contribution in [3.8, 4) is 0 Å². The molecule has 0 saturated heterocycles. The maximum atomic E-state index is 12.5. The second-order valence-electron chi connectivity index (χ2n) is 15.1. The van der Waals surface area contributed by atoms with E-state index in [-0.39, 0.29) is 19.4 Å². The number of hydrogen-bond acceptors (Lipinski definition) is 9. The molecule has 0 bridgehead atoms. The lowest BCUT2D eigenvalue weighted by atomic mass is 10.0. The maximum absolute atomic E-state index is 12.5. The van der Waals surface area contributed by atoms with Gasteiger partial charge in [0.2, 0.25) is 0 Å². The minimum Gasteiger partial charge on any atom is -0.462 e. The summed E-state index contributed by atoms with van der Waals surface area (Å²) in [6.07, 6.45) is 37.9. The molecule has 0 aliphatic rings. The molecule has 0 radical (unpaired) electrons. The molecule has 0 aliphatic carbocycles. The van der Waals surface area contributed by atoms with Crippen LogP contribution in [-0.2, 0) is 32.7 Å². The van der Waals surface area contributed by atoms with Gasteiger partial charge in [0, 0.05) is 12.8 Å². The lowest BCUT2D eigenvalue weighted by Gasteiger charge is -2.20. The van der Waals surface area contributed by atoms with E-state index in [0.717, 1.165) is 32.1 Å². The number of rotatable bonds is 42. The van der Waals surface area contributed by atoms with Crippen molar-refractivity contribution in [3.05, 3.63) is 12.2 Å². The van der Waals surface area contributed by atoms with Gasteiger partial charge in [-0.15, -0.1) is 0 Å². The fourth-order valence-corrected chi connectivity index (χ4v) is 7.02. The van der Waals surface area contributed by atoms with Crippen LogP contribution in [0.5, 0.6) is 0 Å². The molecule has 0 fully saturated rings. The van der Waals surface area contributed by atoms with E-state index in [2.05, 4.69) is 30.5 Å². The molecule has 1 unspecified atom stereocenters. The Morgan fingerprint density at radius 3 is 1.39 bits per heavy atom. The van der Waals surface area contributed by atoms with Gasteiger partial charge in [-0.3, -0.25) is 18.6 Å². The van der Waals surface area contributed by atoms with Gasteiger partial charge in [0.25, 0.3) is 0 Å². The first-order chi connectivity index (χ1) is 26.2. The van der Waals surface area contributed by atoms with E-state index >= 15 is 0 Å². The number of hydrogen-bond donors (Lipinski definition) is 3.